The van der Waals surface area contributed by atoms with E-state index in [1.165, 1.54) is 0 Å². The van der Waals surface area contributed by atoms with E-state index in [1.807, 2.05) is 37.3 Å². The van der Waals surface area contributed by atoms with Crippen LogP contribution in [-0.4, -0.2) is 25.1 Å². The van der Waals surface area contributed by atoms with Crippen molar-refractivity contribution in [3.05, 3.63) is 36.2 Å². The zero-order chi connectivity index (χ0) is 11.7. The van der Waals surface area contributed by atoms with Crippen LogP contribution in [0.3, 0.4) is 0 Å². The molecule has 1 aromatic heterocycles. The van der Waals surface area contributed by atoms with Crippen molar-refractivity contribution in [3.63, 3.8) is 0 Å². The summed E-state index contributed by atoms with van der Waals surface area (Å²) in [4.78, 5) is 4.08. The van der Waals surface area contributed by atoms with Crippen molar-refractivity contribution < 1.29 is 17.2 Å². The standard InChI is InChI=1S/C8H9N.CH4O4S/c1-2-5-8-6-3-4-7-9-8;1-5-6(2,3)4/h2-7H,1H3;1H3,(H,2,3,4). The topological polar surface area (TPSA) is 76.5 Å². The highest BCUT2D eigenvalue weighted by Crippen LogP contribution is 1.94. The first-order chi connectivity index (χ1) is 6.99. The third kappa shape index (κ3) is 9.07. The number of rotatable bonds is 2. The average Bonchev–Trinajstić information content (AvgIpc) is 2.20. The van der Waals surface area contributed by atoms with E-state index in [0.717, 1.165) is 12.8 Å². The summed E-state index contributed by atoms with van der Waals surface area (Å²) in [5.74, 6) is 0. The van der Waals surface area contributed by atoms with Crippen LogP contribution in [0.15, 0.2) is 30.5 Å². The highest BCUT2D eigenvalue weighted by atomic mass is 32.3. The lowest BCUT2D eigenvalue weighted by Gasteiger charge is -1.86. The minimum Gasteiger partial charge on any atom is -0.264 e. The zero-order valence-electron chi connectivity index (χ0n) is 8.49. The van der Waals surface area contributed by atoms with Gasteiger partial charge in [0.25, 0.3) is 0 Å². The highest BCUT2D eigenvalue weighted by Gasteiger charge is 1.94. The van der Waals surface area contributed by atoms with Crippen LogP contribution in [0.25, 0.3) is 6.08 Å². The minimum atomic E-state index is -4.16. The van der Waals surface area contributed by atoms with Crippen LogP contribution in [0.1, 0.15) is 12.6 Å². The quantitative estimate of drug-likeness (QED) is 0.781. The monoisotopic (exact) mass is 231 g/mol. The van der Waals surface area contributed by atoms with Gasteiger partial charge in [-0.3, -0.25) is 13.7 Å². The van der Waals surface area contributed by atoms with E-state index < -0.39 is 10.4 Å². The van der Waals surface area contributed by atoms with Gasteiger partial charge < -0.3 is 0 Å². The molecule has 0 saturated heterocycles. The van der Waals surface area contributed by atoms with Gasteiger partial charge in [0.05, 0.1) is 12.8 Å². The van der Waals surface area contributed by atoms with E-state index in [9.17, 15) is 8.42 Å². The molecule has 0 saturated carbocycles. The fourth-order valence-corrected chi connectivity index (χ4v) is 0.645. The van der Waals surface area contributed by atoms with Crippen LogP contribution in [0.2, 0.25) is 0 Å². The third-order valence-electron chi connectivity index (χ3n) is 1.24. The molecule has 1 rings (SSSR count). The molecule has 0 bridgehead atoms. The van der Waals surface area contributed by atoms with Crippen molar-refractivity contribution in [3.8, 4) is 0 Å². The van der Waals surface area contributed by atoms with Crippen molar-refractivity contribution in [2.24, 2.45) is 0 Å². The van der Waals surface area contributed by atoms with Crippen LogP contribution >= 0.6 is 0 Å². The number of hydrogen-bond acceptors (Lipinski definition) is 4. The maximum absolute atomic E-state index is 9.33. The molecule has 1 N–H and O–H groups in total. The molecule has 0 unspecified atom stereocenters. The smallest absolute Gasteiger partial charge is 0.264 e. The Morgan fingerprint density at radius 1 is 1.47 bits per heavy atom. The van der Waals surface area contributed by atoms with Crippen LogP contribution in [0.5, 0.6) is 0 Å². The predicted molar refractivity (Wildman–Crippen MR) is 57.5 cm³/mol. The number of allylic oxidation sites excluding steroid dienone is 1. The maximum atomic E-state index is 9.33. The second kappa shape index (κ2) is 7.10. The first kappa shape index (κ1) is 13.8. The van der Waals surface area contributed by atoms with Gasteiger partial charge in [0, 0.05) is 6.20 Å². The molecule has 6 heteroatoms. The summed E-state index contributed by atoms with van der Waals surface area (Å²) in [5, 5.41) is 0. The summed E-state index contributed by atoms with van der Waals surface area (Å²) < 4.78 is 29.7. The number of aromatic nitrogens is 1. The van der Waals surface area contributed by atoms with Crippen molar-refractivity contribution in [1.82, 2.24) is 4.98 Å². The average molecular weight is 231 g/mol. The number of hydrogen-bond donors (Lipinski definition) is 1. The molecule has 1 heterocycles. The van der Waals surface area contributed by atoms with E-state index >= 15 is 0 Å². The molecule has 0 fully saturated rings. The Bertz CT molecular complexity index is 386. The minimum absolute atomic E-state index is 0.870. The Morgan fingerprint density at radius 2 is 2.07 bits per heavy atom. The molecule has 0 aromatic carbocycles. The molecule has 0 spiro atoms. The zero-order valence-corrected chi connectivity index (χ0v) is 9.31. The lowest BCUT2D eigenvalue weighted by Crippen LogP contribution is -1.96. The molecular weight excluding hydrogens is 218 g/mol. The van der Waals surface area contributed by atoms with Gasteiger partial charge in [-0.2, -0.15) is 8.42 Å². The largest absolute Gasteiger partial charge is 0.397 e. The molecule has 0 aliphatic rings. The normalized spacial score (nSPS) is 10.9. The van der Waals surface area contributed by atoms with Gasteiger partial charge in [0.2, 0.25) is 0 Å². The van der Waals surface area contributed by atoms with E-state index in [-0.39, 0.29) is 0 Å². The Balaban J connectivity index is 0.000000288. The first-order valence-corrected chi connectivity index (χ1v) is 5.43. The van der Waals surface area contributed by atoms with Gasteiger partial charge in [-0.25, -0.2) is 0 Å². The molecule has 0 aliphatic carbocycles. The van der Waals surface area contributed by atoms with Crippen LogP contribution in [-0.2, 0) is 14.6 Å². The van der Waals surface area contributed by atoms with Crippen LogP contribution < -0.4 is 0 Å². The Kier molecular flexibility index (Phi) is 6.52. The second-order valence-electron chi connectivity index (χ2n) is 2.35. The highest BCUT2D eigenvalue weighted by molar-refractivity contribution is 7.80. The molecule has 1 aromatic rings. The van der Waals surface area contributed by atoms with Gasteiger partial charge in [-0.05, 0) is 25.1 Å². The Labute approximate surface area is 89.4 Å². The molecule has 15 heavy (non-hydrogen) atoms. The number of nitrogens with zero attached hydrogens (tertiary/aromatic N) is 1. The Morgan fingerprint density at radius 3 is 2.40 bits per heavy atom. The molecule has 5 nitrogen and oxygen atoms in total. The summed E-state index contributed by atoms with van der Waals surface area (Å²) in [6.45, 7) is 1.98. The van der Waals surface area contributed by atoms with E-state index in [2.05, 4.69) is 9.17 Å². The van der Waals surface area contributed by atoms with Crippen molar-refractivity contribution in [1.29, 1.82) is 0 Å². The lowest BCUT2D eigenvalue weighted by atomic mass is 10.3. The van der Waals surface area contributed by atoms with Crippen molar-refractivity contribution >= 4 is 16.5 Å². The summed E-state index contributed by atoms with van der Waals surface area (Å²) in [5.41, 5.74) is 1.01. The summed E-state index contributed by atoms with van der Waals surface area (Å²) >= 11 is 0. The summed E-state index contributed by atoms with van der Waals surface area (Å²) in [7, 11) is -3.29. The fraction of sp³-hybridized carbons (Fsp3) is 0.222. The molecule has 84 valence electrons. The SMILES string of the molecule is CC=Cc1ccccn1.COS(=O)(=O)O. The summed E-state index contributed by atoms with van der Waals surface area (Å²) in [6.07, 6.45) is 5.73. The van der Waals surface area contributed by atoms with Gasteiger partial charge in [-0.1, -0.05) is 12.1 Å². The summed E-state index contributed by atoms with van der Waals surface area (Å²) in [6, 6.07) is 5.86. The number of pyridine rings is 1. The van der Waals surface area contributed by atoms with Crippen LogP contribution in [0, 0.1) is 0 Å². The van der Waals surface area contributed by atoms with Crippen LogP contribution in [0.4, 0.5) is 0 Å². The fourth-order valence-electron chi connectivity index (χ4n) is 0.645. The molecule has 0 amide bonds. The van der Waals surface area contributed by atoms with Gasteiger partial charge in [0.15, 0.2) is 0 Å². The molecule has 0 aliphatic heterocycles. The maximum Gasteiger partial charge on any atom is 0.397 e. The predicted octanol–water partition coefficient (Wildman–Crippen LogP) is 1.55. The molecule has 0 atom stereocenters. The molecular formula is C9H13NO4S. The van der Waals surface area contributed by atoms with Gasteiger partial charge in [-0.15, -0.1) is 0 Å². The van der Waals surface area contributed by atoms with E-state index in [4.69, 9.17) is 4.55 Å². The second-order valence-corrected chi connectivity index (χ2v) is 3.54. The molecule has 0 radical (unpaired) electrons. The first-order valence-electron chi connectivity index (χ1n) is 4.06. The van der Waals surface area contributed by atoms with Gasteiger partial charge in [0.1, 0.15) is 0 Å². The van der Waals surface area contributed by atoms with Crippen molar-refractivity contribution in [2.75, 3.05) is 7.11 Å². The van der Waals surface area contributed by atoms with E-state index in [1.54, 1.807) is 6.20 Å². The van der Waals surface area contributed by atoms with E-state index in [0.29, 0.717) is 0 Å². The van der Waals surface area contributed by atoms with Crippen molar-refractivity contribution in [2.45, 2.75) is 6.92 Å². The lowest BCUT2D eigenvalue weighted by molar-refractivity contribution is 0.324. The van der Waals surface area contributed by atoms with Gasteiger partial charge >= 0.3 is 10.4 Å². The third-order valence-corrected chi connectivity index (χ3v) is 1.66. The Hall–Kier alpha value is -1.24.